The number of thiazole rings is 1. The fourth-order valence-corrected chi connectivity index (χ4v) is 3.82. The Morgan fingerprint density at radius 3 is 2.81 bits per heavy atom. The van der Waals surface area contributed by atoms with Gasteiger partial charge in [0.25, 0.3) is 0 Å². The molecule has 0 bridgehead atoms. The van der Waals surface area contributed by atoms with Crippen LogP contribution in [0.5, 0.6) is 5.75 Å². The molecule has 0 aliphatic rings. The van der Waals surface area contributed by atoms with Crippen LogP contribution in [0.15, 0.2) is 34.7 Å². The number of aliphatic hydroxyl groups is 1. The van der Waals surface area contributed by atoms with Crippen molar-refractivity contribution in [3.8, 4) is 5.75 Å². The van der Waals surface area contributed by atoms with Gasteiger partial charge in [0.1, 0.15) is 10.8 Å². The average Bonchev–Trinajstić information content (AvgIpc) is 3.00. The largest absolute Gasteiger partial charge is 0.496 e. The monoisotopic (exact) mass is 328 g/mol. The van der Waals surface area contributed by atoms with Gasteiger partial charge < -0.3 is 9.84 Å². The lowest BCUT2D eigenvalue weighted by atomic mass is 10.2. The highest BCUT2D eigenvalue weighted by molar-refractivity contribution is 7.89. The van der Waals surface area contributed by atoms with Crippen molar-refractivity contribution in [1.82, 2.24) is 9.71 Å². The van der Waals surface area contributed by atoms with E-state index in [0.717, 1.165) is 0 Å². The number of hydrogen-bond donors (Lipinski definition) is 2. The maximum atomic E-state index is 12.3. The first-order valence-corrected chi connectivity index (χ1v) is 8.53. The van der Waals surface area contributed by atoms with Crippen molar-refractivity contribution in [2.24, 2.45) is 0 Å². The number of nitrogens with zero attached hydrogens (tertiary/aromatic N) is 1. The van der Waals surface area contributed by atoms with E-state index in [4.69, 9.17) is 4.74 Å². The number of hydrogen-bond acceptors (Lipinski definition) is 6. The first kappa shape index (κ1) is 15.9. The van der Waals surface area contributed by atoms with Crippen LogP contribution in [0, 0.1) is 0 Å². The topological polar surface area (TPSA) is 88.5 Å². The quantitative estimate of drug-likeness (QED) is 0.842. The van der Waals surface area contributed by atoms with Gasteiger partial charge in [0, 0.05) is 17.1 Å². The number of aromatic nitrogens is 1. The molecule has 1 heterocycles. The molecule has 0 fully saturated rings. The van der Waals surface area contributed by atoms with Crippen molar-refractivity contribution < 1.29 is 18.3 Å². The van der Waals surface area contributed by atoms with Crippen LogP contribution in [0.2, 0.25) is 0 Å². The first-order valence-electron chi connectivity index (χ1n) is 6.17. The van der Waals surface area contributed by atoms with Crippen LogP contribution in [0.3, 0.4) is 0 Å². The molecule has 0 aliphatic heterocycles. The number of sulfonamides is 1. The van der Waals surface area contributed by atoms with Gasteiger partial charge >= 0.3 is 0 Å². The zero-order valence-electron chi connectivity index (χ0n) is 11.6. The molecule has 0 radical (unpaired) electrons. The molecule has 2 N–H and O–H groups in total. The zero-order valence-corrected chi connectivity index (χ0v) is 13.2. The van der Waals surface area contributed by atoms with Crippen LogP contribution in [0.25, 0.3) is 0 Å². The molecule has 0 aliphatic carbocycles. The predicted molar refractivity (Wildman–Crippen MR) is 79.8 cm³/mol. The third-order valence-corrected chi connectivity index (χ3v) is 5.38. The molecule has 1 unspecified atom stereocenters. The third kappa shape index (κ3) is 3.59. The molecule has 0 saturated heterocycles. The Morgan fingerprint density at radius 1 is 1.48 bits per heavy atom. The second-order valence-electron chi connectivity index (χ2n) is 4.35. The van der Waals surface area contributed by atoms with E-state index in [1.165, 1.54) is 36.6 Å². The molecule has 1 aromatic carbocycles. The van der Waals surface area contributed by atoms with Crippen molar-refractivity contribution in [3.63, 3.8) is 0 Å². The lowest BCUT2D eigenvalue weighted by molar-refractivity contribution is 0.273. The smallest absolute Gasteiger partial charge is 0.241 e. The summed E-state index contributed by atoms with van der Waals surface area (Å²) in [4.78, 5) is 4.17. The molecule has 21 heavy (non-hydrogen) atoms. The fraction of sp³-hybridized carbons (Fsp3) is 0.308. The van der Waals surface area contributed by atoms with Crippen LogP contribution in [0.1, 0.15) is 23.5 Å². The van der Waals surface area contributed by atoms with Gasteiger partial charge in [0.15, 0.2) is 0 Å². The number of benzene rings is 1. The van der Waals surface area contributed by atoms with Gasteiger partial charge in [-0.25, -0.2) is 18.1 Å². The summed E-state index contributed by atoms with van der Waals surface area (Å²) in [6.07, 6.45) is 1.63. The predicted octanol–water partition coefficient (Wildman–Crippen LogP) is 1.68. The van der Waals surface area contributed by atoms with Gasteiger partial charge in [-0.05, 0) is 25.1 Å². The number of aliphatic hydroxyl groups excluding tert-OH is 1. The van der Waals surface area contributed by atoms with Crippen molar-refractivity contribution in [2.75, 3.05) is 7.11 Å². The van der Waals surface area contributed by atoms with E-state index < -0.39 is 16.1 Å². The van der Waals surface area contributed by atoms with E-state index in [1.54, 1.807) is 18.5 Å². The van der Waals surface area contributed by atoms with Crippen LogP contribution in [-0.2, 0) is 16.6 Å². The Kier molecular flexibility index (Phi) is 4.94. The summed E-state index contributed by atoms with van der Waals surface area (Å²) in [6.45, 7) is 1.43. The maximum Gasteiger partial charge on any atom is 0.241 e. The minimum atomic E-state index is -3.69. The Bertz CT molecular complexity index is 699. The molecule has 8 heteroatoms. The van der Waals surface area contributed by atoms with Gasteiger partial charge in [0.05, 0.1) is 24.7 Å². The number of rotatable bonds is 6. The Labute approximate surface area is 127 Å². The molecule has 2 aromatic rings. The first-order chi connectivity index (χ1) is 9.97. The van der Waals surface area contributed by atoms with E-state index in [2.05, 4.69) is 9.71 Å². The van der Waals surface area contributed by atoms with E-state index in [9.17, 15) is 13.5 Å². The van der Waals surface area contributed by atoms with Gasteiger partial charge in [-0.2, -0.15) is 0 Å². The molecular formula is C13H16N2O4S2. The second kappa shape index (κ2) is 6.52. The second-order valence-corrected chi connectivity index (χ2v) is 6.99. The summed E-state index contributed by atoms with van der Waals surface area (Å²) in [5, 5.41) is 11.7. The molecule has 2 rings (SSSR count). The SMILES string of the molecule is COc1ccc(S(=O)(=O)NC(C)c2nccs2)cc1CO. The molecule has 0 amide bonds. The fourth-order valence-electron chi connectivity index (χ4n) is 1.85. The highest BCUT2D eigenvalue weighted by Gasteiger charge is 2.20. The van der Waals surface area contributed by atoms with E-state index in [0.29, 0.717) is 16.3 Å². The molecule has 114 valence electrons. The van der Waals surface area contributed by atoms with Gasteiger partial charge in [-0.1, -0.05) is 0 Å². The zero-order chi connectivity index (χ0) is 15.5. The van der Waals surface area contributed by atoms with E-state index >= 15 is 0 Å². The Morgan fingerprint density at radius 2 is 2.24 bits per heavy atom. The van der Waals surface area contributed by atoms with Crippen molar-refractivity contribution in [2.45, 2.75) is 24.5 Å². The number of ether oxygens (including phenoxy) is 1. The molecule has 1 aromatic heterocycles. The Hall–Kier alpha value is -1.48. The molecule has 6 nitrogen and oxygen atoms in total. The summed E-state index contributed by atoms with van der Waals surface area (Å²) >= 11 is 1.38. The third-order valence-electron chi connectivity index (χ3n) is 2.89. The standard InChI is InChI=1S/C13H16N2O4S2/c1-9(13-14-5-6-20-13)15-21(17,18)11-3-4-12(19-2)10(7-11)8-16/h3-7,9,15-16H,8H2,1-2H3. The average molecular weight is 328 g/mol. The lowest BCUT2D eigenvalue weighted by Crippen LogP contribution is -2.27. The normalized spacial score (nSPS) is 13.1. The summed E-state index contributed by atoms with van der Waals surface area (Å²) in [5.74, 6) is 0.449. The van der Waals surface area contributed by atoms with Gasteiger partial charge in [0.2, 0.25) is 10.0 Å². The summed E-state index contributed by atoms with van der Waals surface area (Å²) in [6, 6.07) is 3.94. The van der Waals surface area contributed by atoms with Crippen LogP contribution < -0.4 is 9.46 Å². The maximum absolute atomic E-state index is 12.3. The van der Waals surface area contributed by atoms with Crippen LogP contribution >= 0.6 is 11.3 Å². The minimum Gasteiger partial charge on any atom is -0.496 e. The number of nitrogens with one attached hydrogen (secondary N) is 1. The lowest BCUT2D eigenvalue weighted by Gasteiger charge is -2.13. The Balaban J connectivity index is 2.27. The van der Waals surface area contributed by atoms with Crippen molar-refractivity contribution in [1.29, 1.82) is 0 Å². The highest BCUT2D eigenvalue weighted by atomic mass is 32.2. The highest BCUT2D eigenvalue weighted by Crippen LogP contribution is 2.24. The summed E-state index contributed by atoms with van der Waals surface area (Å²) < 4.78 is 32.3. The minimum absolute atomic E-state index is 0.0794. The van der Waals surface area contributed by atoms with E-state index in [-0.39, 0.29) is 11.5 Å². The van der Waals surface area contributed by atoms with Gasteiger partial charge in [-0.15, -0.1) is 11.3 Å². The van der Waals surface area contributed by atoms with Crippen molar-refractivity contribution in [3.05, 3.63) is 40.3 Å². The van der Waals surface area contributed by atoms with Gasteiger partial charge in [-0.3, -0.25) is 0 Å². The van der Waals surface area contributed by atoms with Crippen LogP contribution in [0.4, 0.5) is 0 Å². The summed E-state index contributed by atoms with van der Waals surface area (Å²) in [7, 11) is -2.23. The molecule has 0 saturated carbocycles. The van der Waals surface area contributed by atoms with Crippen LogP contribution in [-0.4, -0.2) is 25.6 Å². The molecule has 0 spiro atoms. The summed E-state index contributed by atoms with van der Waals surface area (Å²) in [5.41, 5.74) is 0.419. The van der Waals surface area contributed by atoms with E-state index in [1.807, 2.05) is 0 Å². The number of methoxy groups -OCH3 is 1. The van der Waals surface area contributed by atoms with Crippen molar-refractivity contribution >= 4 is 21.4 Å². The molecular weight excluding hydrogens is 312 g/mol. The molecule has 1 atom stereocenters.